The molecule has 2 atom stereocenters. The van der Waals surface area contributed by atoms with Crippen LogP contribution in [0, 0.1) is 0 Å². The second-order valence-corrected chi connectivity index (χ2v) is 4.45. The summed E-state index contributed by atoms with van der Waals surface area (Å²) in [4.78, 5) is 11.1. The molecule has 0 bridgehead atoms. The van der Waals surface area contributed by atoms with Gasteiger partial charge in [-0.15, -0.1) is 0 Å². The van der Waals surface area contributed by atoms with Crippen LogP contribution in [0.25, 0.3) is 0 Å². The van der Waals surface area contributed by atoms with E-state index in [4.69, 9.17) is 5.11 Å². The number of hydrogen-bond acceptors (Lipinski definition) is 2. The van der Waals surface area contributed by atoms with Crippen LogP contribution in [-0.4, -0.2) is 23.2 Å². The zero-order valence-electron chi connectivity index (χ0n) is 11.0. The van der Waals surface area contributed by atoms with E-state index in [1.807, 2.05) is 0 Å². The molecule has 2 N–H and O–H groups in total. The Morgan fingerprint density at radius 3 is 2.12 bits per heavy atom. The summed E-state index contributed by atoms with van der Waals surface area (Å²) in [5.41, 5.74) is 0. The fourth-order valence-corrected chi connectivity index (χ4v) is 1.83. The number of carboxylic acids is 1. The van der Waals surface area contributed by atoms with Crippen molar-refractivity contribution >= 4 is 5.97 Å². The number of nitrogens with one attached hydrogen (secondary N) is 1. The Morgan fingerprint density at radius 1 is 1.12 bits per heavy atom. The molecule has 0 aliphatic carbocycles. The van der Waals surface area contributed by atoms with E-state index in [9.17, 15) is 4.79 Å². The molecule has 0 saturated carbocycles. The minimum atomic E-state index is -0.705. The first-order valence-electron chi connectivity index (χ1n) is 6.64. The van der Waals surface area contributed by atoms with Gasteiger partial charge in [0.15, 0.2) is 0 Å². The van der Waals surface area contributed by atoms with Gasteiger partial charge in [0.2, 0.25) is 0 Å². The third kappa shape index (κ3) is 6.83. The highest BCUT2D eigenvalue weighted by Gasteiger charge is 2.19. The molecule has 0 aromatic heterocycles. The van der Waals surface area contributed by atoms with Gasteiger partial charge >= 0.3 is 5.97 Å². The van der Waals surface area contributed by atoms with Crippen LogP contribution in [0.2, 0.25) is 0 Å². The summed E-state index contributed by atoms with van der Waals surface area (Å²) >= 11 is 0. The summed E-state index contributed by atoms with van der Waals surface area (Å²) in [6.45, 7) is 6.37. The molecule has 0 aromatic carbocycles. The van der Waals surface area contributed by atoms with Gasteiger partial charge in [0.1, 0.15) is 6.04 Å². The van der Waals surface area contributed by atoms with Crippen molar-refractivity contribution < 1.29 is 9.90 Å². The molecule has 3 nitrogen and oxygen atoms in total. The lowest BCUT2D eigenvalue weighted by Gasteiger charge is -2.22. The number of carboxylic acid groups (broad SMARTS) is 1. The molecule has 0 aliphatic rings. The van der Waals surface area contributed by atoms with Crippen LogP contribution in [0.15, 0.2) is 0 Å². The first-order valence-corrected chi connectivity index (χ1v) is 6.64. The van der Waals surface area contributed by atoms with Gasteiger partial charge in [-0.25, -0.2) is 0 Å². The second kappa shape index (κ2) is 9.64. The van der Waals surface area contributed by atoms with Crippen LogP contribution in [0.3, 0.4) is 0 Å². The number of hydrogen-bond donors (Lipinski definition) is 2. The van der Waals surface area contributed by atoms with E-state index < -0.39 is 5.97 Å². The maximum absolute atomic E-state index is 11.1. The van der Waals surface area contributed by atoms with E-state index in [-0.39, 0.29) is 6.04 Å². The molecule has 0 aliphatic heterocycles. The molecule has 0 spiro atoms. The summed E-state index contributed by atoms with van der Waals surface area (Å²) < 4.78 is 0. The van der Waals surface area contributed by atoms with Gasteiger partial charge in [-0.1, -0.05) is 46.5 Å². The summed E-state index contributed by atoms with van der Waals surface area (Å²) in [5.74, 6) is -0.705. The highest BCUT2D eigenvalue weighted by molar-refractivity contribution is 5.73. The lowest BCUT2D eigenvalue weighted by molar-refractivity contribution is -0.140. The largest absolute Gasteiger partial charge is 0.480 e. The molecule has 0 heterocycles. The lowest BCUT2D eigenvalue weighted by Crippen LogP contribution is -2.43. The Kier molecular flexibility index (Phi) is 9.30. The van der Waals surface area contributed by atoms with E-state index >= 15 is 0 Å². The van der Waals surface area contributed by atoms with Crippen LogP contribution < -0.4 is 5.32 Å². The van der Waals surface area contributed by atoms with Crippen LogP contribution >= 0.6 is 0 Å². The zero-order valence-corrected chi connectivity index (χ0v) is 11.0. The third-order valence-corrected chi connectivity index (χ3v) is 2.98. The van der Waals surface area contributed by atoms with Gasteiger partial charge in [0, 0.05) is 6.04 Å². The molecule has 0 amide bonds. The third-order valence-electron chi connectivity index (χ3n) is 2.98. The summed E-state index contributed by atoms with van der Waals surface area (Å²) in [7, 11) is 0. The Hall–Kier alpha value is -0.570. The van der Waals surface area contributed by atoms with Gasteiger partial charge in [-0.05, 0) is 19.3 Å². The van der Waals surface area contributed by atoms with Crippen LogP contribution in [0.4, 0.5) is 0 Å². The normalized spacial score (nSPS) is 14.7. The van der Waals surface area contributed by atoms with E-state index in [2.05, 4.69) is 26.1 Å². The van der Waals surface area contributed by atoms with Crippen molar-refractivity contribution in [1.29, 1.82) is 0 Å². The zero-order chi connectivity index (χ0) is 12.4. The Balaban J connectivity index is 4.06. The van der Waals surface area contributed by atoms with Crippen LogP contribution in [-0.2, 0) is 4.79 Å². The number of unbranched alkanes of at least 4 members (excludes halogenated alkanes) is 2. The van der Waals surface area contributed by atoms with Crippen molar-refractivity contribution in [2.45, 2.75) is 77.8 Å². The van der Waals surface area contributed by atoms with E-state index in [1.165, 1.54) is 12.8 Å². The summed E-state index contributed by atoms with van der Waals surface area (Å²) in [5, 5.41) is 12.4. The highest BCUT2D eigenvalue weighted by atomic mass is 16.4. The minimum absolute atomic E-state index is 0.359. The fourth-order valence-electron chi connectivity index (χ4n) is 1.83. The van der Waals surface area contributed by atoms with E-state index in [0.717, 1.165) is 32.1 Å². The molecule has 3 heteroatoms. The predicted octanol–water partition coefficient (Wildman–Crippen LogP) is 3.19. The summed E-state index contributed by atoms with van der Waals surface area (Å²) in [6, 6.07) is -0.000313. The standard InChI is InChI=1S/C13H27NO2/c1-4-7-9-11(6-3)14-12(13(15)16)10-8-5-2/h11-12,14H,4-10H2,1-3H3,(H,15,16)/t11?,12-/m0/s1. The molecule has 0 saturated heterocycles. The topological polar surface area (TPSA) is 49.3 Å². The quantitative estimate of drug-likeness (QED) is 0.605. The lowest BCUT2D eigenvalue weighted by atomic mass is 10.0. The van der Waals surface area contributed by atoms with Crippen molar-refractivity contribution in [3.05, 3.63) is 0 Å². The van der Waals surface area contributed by atoms with Crippen LogP contribution in [0.1, 0.15) is 65.7 Å². The number of carbonyl (C=O) groups is 1. The fraction of sp³-hybridized carbons (Fsp3) is 0.923. The Labute approximate surface area is 99.6 Å². The molecule has 0 radical (unpaired) electrons. The van der Waals surface area contributed by atoms with Crippen molar-refractivity contribution in [1.82, 2.24) is 5.32 Å². The van der Waals surface area contributed by atoms with Gasteiger partial charge in [0.25, 0.3) is 0 Å². The minimum Gasteiger partial charge on any atom is -0.480 e. The molecule has 96 valence electrons. The molecular formula is C13H27NO2. The first-order chi connectivity index (χ1) is 7.65. The van der Waals surface area contributed by atoms with Crippen molar-refractivity contribution in [2.75, 3.05) is 0 Å². The average Bonchev–Trinajstić information content (AvgIpc) is 2.28. The maximum atomic E-state index is 11.1. The smallest absolute Gasteiger partial charge is 0.320 e. The van der Waals surface area contributed by atoms with Crippen molar-refractivity contribution in [3.8, 4) is 0 Å². The first kappa shape index (κ1) is 15.4. The summed E-state index contributed by atoms with van der Waals surface area (Å²) in [6.07, 6.45) is 7.22. The van der Waals surface area contributed by atoms with Gasteiger partial charge in [-0.3, -0.25) is 4.79 Å². The monoisotopic (exact) mass is 229 g/mol. The molecule has 16 heavy (non-hydrogen) atoms. The highest BCUT2D eigenvalue weighted by Crippen LogP contribution is 2.08. The number of rotatable bonds is 10. The van der Waals surface area contributed by atoms with Crippen molar-refractivity contribution in [2.24, 2.45) is 0 Å². The van der Waals surface area contributed by atoms with Crippen LogP contribution in [0.5, 0.6) is 0 Å². The second-order valence-electron chi connectivity index (χ2n) is 4.45. The Morgan fingerprint density at radius 2 is 1.69 bits per heavy atom. The molecule has 0 rings (SSSR count). The van der Waals surface area contributed by atoms with E-state index in [1.54, 1.807) is 0 Å². The van der Waals surface area contributed by atoms with Gasteiger partial charge in [0.05, 0.1) is 0 Å². The van der Waals surface area contributed by atoms with E-state index in [0.29, 0.717) is 6.04 Å². The molecule has 0 fully saturated rings. The van der Waals surface area contributed by atoms with Crippen molar-refractivity contribution in [3.63, 3.8) is 0 Å². The average molecular weight is 229 g/mol. The van der Waals surface area contributed by atoms with Gasteiger partial charge < -0.3 is 10.4 Å². The van der Waals surface area contributed by atoms with Gasteiger partial charge in [-0.2, -0.15) is 0 Å². The maximum Gasteiger partial charge on any atom is 0.320 e. The molecule has 1 unspecified atom stereocenters. The molecule has 0 aromatic rings. The SMILES string of the molecule is CCCCC(CC)N[C@@H](CCCC)C(=O)O. The number of aliphatic carboxylic acids is 1. The predicted molar refractivity (Wildman–Crippen MR) is 67.7 cm³/mol. The molecular weight excluding hydrogens is 202 g/mol. The Bertz CT molecular complexity index is 183.